The summed E-state index contributed by atoms with van der Waals surface area (Å²) in [6.07, 6.45) is 3.72. The lowest BCUT2D eigenvalue weighted by molar-refractivity contribution is -0.124. The van der Waals surface area contributed by atoms with Crippen LogP contribution in [0.3, 0.4) is 0 Å². The number of hydrogen-bond acceptors (Lipinski definition) is 4. The molecule has 7 nitrogen and oxygen atoms in total. The number of rotatable bonds is 6. The molecule has 1 aliphatic carbocycles. The first kappa shape index (κ1) is 23.9. The summed E-state index contributed by atoms with van der Waals surface area (Å²) in [5.74, 6) is 1.17. The fourth-order valence-corrected chi connectivity index (χ4v) is 4.98. The van der Waals surface area contributed by atoms with Crippen molar-refractivity contribution < 1.29 is 19.1 Å². The average Bonchev–Trinajstić information content (AvgIpc) is 2.85. The molecule has 34 heavy (non-hydrogen) atoms. The van der Waals surface area contributed by atoms with Crippen LogP contribution in [0.1, 0.15) is 55.0 Å². The number of amides is 3. The molecule has 1 heterocycles. The molecule has 0 bridgehead atoms. The number of carbonyl (C=O) groups is 2. The minimum absolute atomic E-state index is 0.0140. The van der Waals surface area contributed by atoms with Gasteiger partial charge in [0.1, 0.15) is 6.04 Å². The molecular formula is C27H35N3O4. The number of benzene rings is 2. The Kier molecular flexibility index (Phi) is 7.29. The quantitative estimate of drug-likeness (QED) is 0.676. The zero-order valence-electron chi connectivity index (χ0n) is 20.5. The summed E-state index contributed by atoms with van der Waals surface area (Å²) < 4.78 is 10.8. The highest BCUT2D eigenvalue weighted by atomic mass is 16.5. The van der Waals surface area contributed by atoms with E-state index in [9.17, 15) is 9.59 Å². The first-order chi connectivity index (χ1) is 16.4. The van der Waals surface area contributed by atoms with Crippen molar-refractivity contribution in [3.63, 3.8) is 0 Å². The number of hydrogen-bond donors (Lipinski definition) is 2. The first-order valence-corrected chi connectivity index (χ1v) is 12.1. The number of ether oxygens (including phenoxy) is 2. The van der Waals surface area contributed by atoms with Gasteiger partial charge in [-0.25, -0.2) is 4.79 Å². The van der Waals surface area contributed by atoms with Gasteiger partial charge in [0.25, 0.3) is 0 Å². The molecule has 2 aliphatic rings. The van der Waals surface area contributed by atoms with Crippen LogP contribution in [0.4, 0.5) is 4.79 Å². The fourth-order valence-electron chi connectivity index (χ4n) is 4.98. The number of urea groups is 1. The van der Waals surface area contributed by atoms with Crippen molar-refractivity contribution in [3.8, 4) is 11.5 Å². The van der Waals surface area contributed by atoms with Gasteiger partial charge >= 0.3 is 6.03 Å². The Bertz CT molecular complexity index is 1050. The maximum Gasteiger partial charge on any atom is 0.318 e. The molecule has 3 amide bonds. The molecule has 7 heteroatoms. The van der Waals surface area contributed by atoms with Crippen molar-refractivity contribution in [1.29, 1.82) is 0 Å². The molecule has 0 fully saturated rings. The molecule has 0 spiro atoms. The topological polar surface area (TPSA) is 79.9 Å². The summed E-state index contributed by atoms with van der Waals surface area (Å²) in [6.45, 7) is 4.96. The van der Waals surface area contributed by atoms with Gasteiger partial charge in [0, 0.05) is 13.1 Å². The third kappa shape index (κ3) is 4.98. The lowest BCUT2D eigenvalue weighted by atomic mass is 9.87. The Hall–Kier alpha value is -3.22. The molecule has 0 saturated carbocycles. The van der Waals surface area contributed by atoms with Crippen LogP contribution in [0.25, 0.3) is 0 Å². The van der Waals surface area contributed by atoms with E-state index in [2.05, 4.69) is 22.8 Å². The van der Waals surface area contributed by atoms with Gasteiger partial charge in [-0.3, -0.25) is 4.79 Å². The van der Waals surface area contributed by atoms with Crippen molar-refractivity contribution in [2.45, 2.75) is 58.2 Å². The van der Waals surface area contributed by atoms with E-state index in [1.807, 2.05) is 38.1 Å². The third-order valence-corrected chi connectivity index (χ3v) is 6.92. The number of methoxy groups -OCH3 is 2. The van der Waals surface area contributed by atoms with Crippen molar-refractivity contribution in [1.82, 2.24) is 15.5 Å². The van der Waals surface area contributed by atoms with Gasteiger partial charge in [-0.2, -0.15) is 0 Å². The van der Waals surface area contributed by atoms with E-state index in [1.165, 1.54) is 11.1 Å². The summed E-state index contributed by atoms with van der Waals surface area (Å²) in [6, 6.07) is 11.4. The number of nitrogens with zero attached hydrogens (tertiary/aromatic N) is 1. The predicted octanol–water partition coefficient (Wildman–Crippen LogP) is 3.99. The molecular weight excluding hydrogens is 430 g/mol. The molecule has 0 radical (unpaired) electrons. The van der Waals surface area contributed by atoms with Crippen LogP contribution in [-0.4, -0.2) is 43.6 Å². The highest BCUT2D eigenvalue weighted by molar-refractivity contribution is 5.87. The van der Waals surface area contributed by atoms with Gasteiger partial charge in [0.15, 0.2) is 11.5 Å². The maximum absolute atomic E-state index is 13.3. The van der Waals surface area contributed by atoms with Crippen LogP contribution < -0.4 is 20.1 Å². The van der Waals surface area contributed by atoms with Crippen LogP contribution in [-0.2, 0) is 24.2 Å². The molecule has 0 saturated heterocycles. The van der Waals surface area contributed by atoms with Crippen molar-refractivity contribution >= 4 is 11.9 Å². The number of carbonyl (C=O) groups excluding carboxylic acids is 2. The maximum atomic E-state index is 13.3. The Morgan fingerprint density at radius 3 is 2.41 bits per heavy atom. The standard InChI is InChI=1S/C27H35N3O4/c1-17(2)25(26(31)28-22-11-7-9-18-8-5-6-10-21(18)22)29-27(32)30-13-12-19-14-23(33-3)24(34-4)15-20(19)16-30/h5-6,8,10,14-15,17,22,25H,7,9,11-13,16H2,1-4H3,(H,28,31)(H,29,32)/t22?,25-/m0/s1. The highest BCUT2D eigenvalue weighted by Gasteiger charge is 2.31. The Morgan fingerprint density at radius 1 is 1.00 bits per heavy atom. The normalized spacial score (nSPS) is 17.9. The summed E-state index contributed by atoms with van der Waals surface area (Å²) in [7, 11) is 3.23. The number of nitrogens with one attached hydrogen (secondary N) is 2. The van der Waals surface area contributed by atoms with Crippen LogP contribution in [0, 0.1) is 5.92 Å². The molecule has 2 aromatic carbocycles. The Balaban J connectivity index is 1.43. The van der Waals surface area contributed by atoms with Crippen molar-refractivity contribution in [3.05, 3.63) is 58.7 Å². The molecule has 1 unspecified atom stereocenters. The monoisotopic (exact) mass is 465 g/mol. The molecule has 1 aliphatic heterocycles. The lowest BCUT2D eigenvalue weighted by Crippen LogP contribution is -2.54. The third-order valence-electron chi connectivity index (χ3n) is 6.92. The van der Waals surface area contributed by atoms with Crippen LogP contribution >= 0.6 is 0 Å². The summed E-state index contributed by atoms with van der Waals surface area (Å²) in [5.41, 5.74) is 4.66. The second-order valence-electron chi connectivity index (χ2n) is 9.47. The minimum atomic E-state index is -0.603. The van der Waals surface area contributed by atoms with Crippen LogP contribution in [0.15, 0.2) is 36.4 Å². The zero-order chi connectivity index (χ0) is 24.2. The van der Waals surface area contributed by atoms with Gasteiger partial charge in [-0.1, -0.05) is 38.1 Å². The van der Waals surface area contributed by atoms with Gasteiger partial charge in [-0.05, 0) is 66.0 Å². The predicted molar refractivity (Wildman–Crippen MR) is 131 cm³/mol. The van der Waals surface area contributed by atoms with E-state index >= 15 is 0 Å². The smallest absolute Gasteiger partial charge is 0.318 e. The second kappa shape index (κ2) is 10.4. The van der Waals surface area contributed by atoms with Gasteiger partial charge in [0.05, 0.1) is 20.3 Å². The molecule has 182 valence electrons. The van der Waals surface area contributed by atoms with Crippen LogP contribution in [0.5, 0.6) is 11.5 Å². The second-order valence-corrected chi connectivity index (χ2v) is 9.47. The zero-order valence-corrected chi connectivity index (χ0v) is 20.5. The number of aryl methyl sites for hydroxylation is 1. The summed E-state index contributed by atoms with van der Waals surface area (Å²) >= 11 is 0. The van der Waals surface area contributed by atoms with Crippen molar-refractivity contribution in [2.75, 3.05) is 20.8 Å². The lowest BCUT2D eigenvalue weighted by Gasteiger charge is -2.33. The highest BCUT2D eigenvalue weighted by Crippen LogP contribution is 2.33. The molecule has 0 aromatic heterocycles. The van der Waals surface area contributed by atoms with E-state index in [0.717, 1.165) is 36.8 Å². The van der Waals surface area contributed by atoms with Crippen molar-refractivity contribution in [2.24, 2.45) is 5.92 Å². The summed E-state index contributed by atoms with van der Waals surface area (Å²) in [4.78, 5) is 28.2. The number of fused-ring (bicyclic) bond motifs is 2. The first-order valence-electron chi connectivity index (χ1n) is 12.1. The Morgan fingerprint density at radius 2 is 1.71 bits per heavy atom. The molecule has 2 N–H and O–H groups in total. The Labute approximate surface area is 201 Å². The van der Waals surface area contributed by atoms with Gasteiger partial charge in [-0.15, -0.1) is 0 Å². The van der Waals surface area contributed by atoms with Gasteiger partial charge in [0.2, 0.25) is 5.91 Å². The van der Waals surface area contributed by atoms with E-state index in [1.54, 1.807) is 19.1 Å². The molecule has 2 atom stereocenters. The van der Waals surface area contributed by atoms with E-state index < -0.39 is 6.04 Å². The summed E-state index contributed by atoms with van der Waals surface area (Å²) in [5, 5.41) is 6.21. The fraction of sp³-hybridized carbons (Fsp3) is 0.481. The van der Waals surface area contributed by atoms with Gasteiger partial charge < -0.3 is 25.0 Å². The molecule has 2 aromatic rings. The molecule has 4 rings (SSSR count). The largest absolute Gasteiger partial charge is 0.493 e. The minimum Gasteiger partial charge on any atom is -0.493 e. The van der Waals surface area contributed by atoms with Crippen LogP contribution in [0.2, 0.25) is 0 Å². The van der Waals surface area contributed by atoms with E-state index in [0.29, 0.717) is 24.6 Å². The van der Waals surface area contributed by atoms with E-state index in [-0.39, 0.29) is 23.9 Å². The SMILES string of the molecule is COc1cc2c(cc1OC)CN(C(=O)N[C@H](C(=O)NC1CCCc3ccccc31)C(C)C)CC2. The average molecular weight is 466 g/mol. The van der Waals surface area contributed by atoms with E-state index in [4.69, 9.17) is 9.47 Å².